The molecule has 2 N–H and O–H groups in total. The van der Waals surface area contributed by atoms with E-state index in [-0.39, 0.29) is 45.6 Å². The van der Waals surface area contributed by atoms with Crippen LogP contribution >= 0.6 is 0 Å². The molecule has 0 aliphatic carbocycles. The summed E-state index contributed by atoms with van der Waals surface area (Å²) in [4.78, 5) is 39.2. The van der Waals surface area contributed by atoms with Gasteiger partial charge in [-0.05, 0) is 17.5 Å². The molecular formula is C28H19NO7. The van der Waals surface area contributed by atoms with Gasteiger partial charge in [0.2, 0.25) is 5.75 Å². The summed E-state index contributed by atoms with van der Waals surface area (Å²) in [5.41, 5.74) is 0.758. The first-order chi connectivity index (χ1) is 17.3. The van der Waals surface area contributed by atoms with Crippen LogP contribution < -0.4 is 15.7 Å². The number of ether oxygens (including phenoxy) is 1. The van der Waals surface area contributed by atoms with Gasteiger partial charge in [0, 0.05) is 30.2 Å². The predicted octanol–water partition coefficient (Wildman–Crippen LogP) is 4.16. The smallest absolute Gasteiger partial charge is 0.312 e. The van der Waals surface area contributed by atoms with Crippen LogP contribution in [0.2, 0.25) is 0 Å². The largest absolute Gasteiger partial charge is 0.504 e. The van der Waals surface area contributed by atoms with Gasteiger partial charge in [0.1, 0.15) is 16.7 Å². The van der Waals surface area contributed by atoms with Crippen LogP contribution in [-0.2, 0) is 11.8 Å². The Kier molecular flexibility index (Phi) is 4.72. The fraction of sp³-hybridized carbons (Fsp3) is 0.107. The van der Waals surface area contributed by atoms with E-state index in [1.54, 1.807) is 37.4 Å². The molecule has 8 heteroatoms. The van der Waals surface area contributed by atoms with Gasteiger partial charge in [-0.3, -0.25) is 14.4 Å². The van der Waals surface area contributed by atoms with Crippen LogP contribution in [0.4, 0.5) is 0 Å². The number of phenols is 2. The van der Waals surface area contributed by atoms with Gasteiger partial charge < -0.3 is 23.9 Å². The summed E-state index contributed by atoms with van der Waals surface area (Å²) >= 11 is 0. The van der Waals surface area contributed by atoms with Crippen molar-refractivity contribution in [2.45, 2.75) is 12.3 Å². The second-order valence-corrected chi connectivity index (χ2v) is 8.74. The predicted molar refractivity (Wildman–Crippen MR) is 133 cm³/mol. The fourth-order valence-corrected chi connectivity index (χ4v) is 4.92. The topological polar surface area (TPSA) is 119 Å². The first-order valence-corrected chi connectivity index (χ1v) is 11.3. The molecule has 1 aliphatic rings. The van der Waals surface area contributed by atoms with E-state index in [9.17, 15) is 24.6 Å². The quantitative estimate of drug-likeness (QED) is 0.221. The Morgan fingerprint density at radius 3 is 2.42 bits per heavy atom. The fourth-order valence-electron chi connectivity index (χ4n) is 4.92. The normalized spacial score (nSPS) is 15.1. The summed E-state index contributed by atoms with van der Waals surface area (Å²) in [6.45, 7) is 0. The van der Waals surface area contributed by atoms with E-state index >= 15 is 0 Å². The van der Waals surface area contributed by atoms with Crippen molar-refractivity contribution in [1.29, 1.82) is 0 Å². The van der Waals surface area contributed by atoms with Gasteiger partial charge in [0.15, 0.2) is 16.9 Å². The minimum atomic E-state index is -0.896. The molecule has 3 heterocycles. The summed E-state index contributed by atoms with van der Waals surface area (Å²) in [5.74, 6) is -3.21. The number of hydrogen-bond acceptors (Lipinski definition) is 7. The minimum absolute atomic E-state index is 0.0561. The van der Waals surface area contributed by atoms with E-state index < -0.39 is 28.8 Å². The lowest BCUT2D eigenvalue weighted by molar-refractivity contribution is -0.135. The molecule has 2 aromatic heterocycles. The second kappa shape index (κ2) is 7.84. The monoisotopic (exact) mass is 481 g/mol. The Hall–Kier alpha value is -4.85. The molecule has 0 saturated carbocycles. The summed E-state index contributed by atoms with van der Waals surface area (Å²) in [7, 11) is 1.64. The molecule has 6 rings (SSSR count). The molecule has 36 heavy (non-hydrogen) atoms. The number of nitrogens with zero attached hydrogens (tertiary/aromatic N) is 1. The third-order valence-electron chi connectivity index (χ3n) is 6.64. The Labute approximate surface area is 203 Å². The van der Waals surface area contributed by atoms with Crippen molar-refractivity contribution in [1.82, 2.24) is 4.57 Å². The Balaban J connectivity index is 1.73. The lowest BCUT2D eigenvalue weighted by Gasteiger charge is -2.27. The number of rotatable bonds is 2. The molecule has 0 fully saturated rings. The van der Waals surface area contributed by atoms with Crippen LogP contribution in [0.15, 0.2) is 80.7 Å². The van der Waals surface area contributed by atoms with Crippen LogP contribution in [0.25, 0.3) is 33.2 Å². The Morgan fingerprint density at radius 2 is 1.64 bits per heavy atom. The maximum absolute atomic E-state index is 13.4. The average molecular weight is 481 g/mol. The van der Waals surface area contributed by atoms with Crippen molar-refractivity contribution < 1.29 is 24.2 Å². The lowest BCUT2D eigenvalue weighted by Crippen LogP contribution is -2.29. The van der Waals surface area contributed by atoms with Gasteiger partial charge >= 0.3 is 5.97 Å². The third-order valence-corrected chi connectivity index (χ3v) is 6.64. The van der Waals surface area contributed by atoms with Crippen molar-refractivity contribution in [3.05, 3.63) is 98.4 Å². The molecule has 3 aromatic carbocycles. The zero-order valence-corrected chi connectivity index (χ0v) is 19.0. The van der Waals surface area contributed by atoms with E-state index in [4.69, 9.17) is 9.15 Å². The molecule has 0 radical (unpaired) electrons. The number of fused-ring (bicyclic) bond motifs is 4. The number of benzene rings is 3. The Bertz CT molecular complexity index is 1830. The van der Waals surface area contributed by atoms with E-state index in [0.29, 0.717) is 11.1 Å². The summed E-state index contributed by atoms with van der Waals surface area (Å²) in [6.07, 6.45) is -0.223. The van der Waals surface area contributed by atoms with E-state index in [1.807, 2.05) is 30.3 Å². The molecule has 0 unspecified atom stereocenters. The Morgan fingerprint density at radius 1 is 0.917 bits per heavy atom. The highest BCUT2D eigenvalue weighted by atomic mass is 16.5. The minimum Gasteiger partial charge on any atom is -0.504 e. The molecular weight excluding hydrogens is 462 g/mol. The van der Waals surface area contributed by atoms with Crippen LogP contribution in [0.3, 0.4) is 0 Å². The maximum atomic E-state index is 13.4. The van der Waals surface area contributed by atoms with Gasteiger partial charge in [-0.15, -0.1) is 0 Å². The summed E-state index contributed by atoms with van der Waals surface area (Å²) < 4.78 is 12.9. The van der Waals surface area contributed by atoms with Gasteiger partial charge in [0.05, 0.1) is 17.5 Å². The van der Waals surface area contributed by atoms with Crippen LogP contribution in [0.5, 0.6) is 17.2 Å². The van der Waals surface area contributed by atoms with Crippen LogP contribution in [0.1, 0.15) is 23.5 Å². The number of esters is 1. The van der Waals surface area contributed by atoms with Crippen molar-refractivity contribution in [3.63, 3.8) is 0 Å². The van der Waals surface area contributed by atoms with Crippen molar-refractivity contribution >= 4 is 27.8 Å². The molecule has 1 atom stereocenters. The van der Waals surface area contributed by atoms with Crippen molar-refractivity contribution in [2.75, 3.05) is 0 Å². The number of aromatic hydroxyl groups is 2. The summed E-state index contributed by atoms with van der Waals surface area (Å²) in [5, 5.41) is 21.9. The SMILES string of the molecule is Cn1c(=O)c([C@@H]2CC(=O)Oc3c(O)c(O)c4c(=O)cc(-c5ccccc5)oc4c32)cc2ccccc21. The molecule has 0 bridgehead atoms. The first kappa shape index (κ1) is 21.7. The van der Waals surface area contributed by atoms with E-state index in [0.717, 1.165) is 5.39 Å². The molecule has 8 nitrogen and oxygen atoms in total. The lowest BCUT2D eigenvalue weighted by atomic mass is 9.84. The molecule has 178 valence electrons. The number of carbonyl (C=O) groups excluding carboxylic acids is 1. The zero-order chi connectivity index (χ0) is 25.1. The van der Waals surface area contributed by atoms with Gasteiger partial charge in [-0.1, -0.05) is 48.5 Å². The molecule has 1 aliphatic heterocycles. The molecule has 5 aromatic rings. The summed E-state index contributed by atoms with van der Waals surface area (Å²) in [6, 6.07) is 19.1. The van der Waals surface area contributed by atoms with Crippen LogP contribution in [-0.4, -0.2) is 20.7 Å². The number of aryl methyl sites for hydroxylation is 1. The highest BCUT2D eigenvalue weighted by Gasteiger charge is 2.38. The number of hydrogen-bond donors (Lipinski definition) is 2. The standard InChI is InChI=1S/C28H19NO7/c1-29-18-10-6-5-9-15(18)11-17(28(29)34)16-12-21(31)36-27-22(16)26-23(24(32)25(27)33)19(30)13-20(35-26)14-7-3-2-4-8-14/h2-11,13,16,32-33H,12H2,1H3/t16-/m0/s1. The number of carbonyl (C=O) groups is 1. The third kappa shape index (κ3) is 3.11. The molecule has 0 spiro atoms. The van der Waals surface area contributed by atoms with Gasteiger partial charge in [-0.25, -0.2) is 0 Å². The first-order valence-electron chi connectivity index (χ1n) is 11.3. The van der Waals surface area contributed by atoms with Crippen LogP contribution in [0, 0.1) is 0 Å². The van der Waals surface area contributed by atoms with Crippen molar-refractivity contribution in [2.24, 2.45) is 7.05 Å². The zero-order valence-electron chi connectivity index (χ0n) is 19.0. The number of pyridine rings is 1. The number of para-hydroxylation sites is 1. The van der Waals surface area contributed by atoms with E-state index in [2.05, 4.69) is 0 Å². The number of aromatic nitrogens is 1. The van der Waals surface area contributed by atoms with Crippen molar-refractivity contribution in [3.8, 4) is 28.6 Å². The van der Waals surface area contributed by atoms with E-state index in [1.165, 1.54) is 10.6 Å². The molecule has 0 amide bonds. The second-order valence-electron chi connectivity index (χ2n) is 8.74. The van der Waals surface area contributed by atoms with Gasteiger partial charge in [-0.2, -0.15) is 0 Å². The number of phenolic OH excluding ortho intramolecular Hbond substituents is 2. The maximum Gasteiger partial charge on any atom is 0.312 e. The molecule has 0 saturated heterocycles. The van der Waals surface area contributed by atoms with Gasteiger partial charge in [0.25, 0.3) is 5.56 Å². The highest BCUT2D eigenvalue weighted by molar-refractivity contribution is 5.96. The highest BCUT2D eigenvalue weighted by Crippen LogP contribution is 2.51. The average Bonchev–Trinajstić information content (AvgIpc) is 2.89.